The number of esters is 1. The fourth-order valence-electron chi connectivity index (χ4n) is 5.21. The first kappa shape index (κ1) is 27.3. The lowest BCUT2D eigenvalue weighted by molar-refractivity contribution is -0.154. The summed E-state index contributed by atoms with van der Waals surface area (Å²) in [6.07, 6.45) is -0.697. The van der Waals surface area contributed by atoms with Crippen LogP contribution >= 0.6 is 7.26 Å². The fraction of sp³-hybridized carbons (Fsp3) is 0.182. The van der Waals surface area contributed by atoms with Crippen molar-refractivity contribution in [2.75, 3.05) is 19.8 Å². The number of hydrogen-bond donors (Lipinski definition) is 0. The molecule has 0 N–H and O–H groups in total. The Morgan fingerprint density at radius 3 is 1.88 bits per heavy atom. The summed E-state index contributed by atoms with van der Waals surface area (Å²) in [5.41, 5.74) is 0.948. The minimum atomic E-state index is -2.47. The molecule has 0 bridgehead atoms. The van der Waals surface area contributed by atoms with Gasteiger partial charge in [0, 0.05) is 6.54 Å². The Labute approximate surface area is 234 Å². The van der Waals surface area contributed by atoms with Gasteiger partial charge in [-0.05, 0) is 60.5 Å². The molecule has 0 aliphatic carbocycles. The first-order valence-electron chi connectivity index (χ1n) is 13.2. The van der Waals surface area contributed by atoms with Crippen LogP contribution in [-0.4, -0.2) is 48.6 Å². The van der Waals surface area contributed by atoms with Gasteiger partial charge >= 0.3 is 5.97 Å². The van der Waals surface area contributed by atoms with Crippen molar-refractivity contribution in [3.8, 4) is 5.75 Å². The molecule has 0 aromatic heterocycles. The Balaban J connectivity index is 1.38. The first-order valence-corrected chi connectivity index (χ1v) is 15.2. The van der Waals surface area contributed by atoms with Gasteiger partial charge in [0.1, 0.15) is 28.9 Å². The zero-order valence-electron chi connectivity index (χ0n) is 22.3. The molecule has 7 heteroatoms. The zero-order chi connectivity index (χ0) is 28.0. The Morgan fingerprint density at radius 1 is 0.800 bits per heavy atom. The molecule has 4 aromatic carbocycles. The Morgan fingerprint density at radius 2 is 1.35 bits per heavy atom. The van der Waals surface area contributed by atoms with Crippen molar-refractivity contribution in [3.05, 3.63) is 121 Å². The molecule has 1 aliphatic rings. The van der Waals surface area contributed by atoms with Gasteiger partial charge in [-0.15, -0.1) is 0 Å². The molecule has 1 fully saturated rings. The summed E-state index contributed by atoms with van der Waals surface area (Å²) < 4.78 is 11.1. The number of hydrogen-bond acceptors (Lipinski definition) is 5. The van der Waals surface area contributed by atoms with E-state index in [1.54, 1.807) is 7.11 Å². The molecular weight excluding hydrogens is 521 g/mol. The van der Waals surface area contributed by atoms with Crippen molar-refractivity contribution >= 4 is 41.0 Å². The first-order chi connectivity index (χ1) is 19.5. The van der Waals surface area contributed by atoms with Crippen molar-refractivity contribution in [1.82, 2.24) is 4.90 Å². The summed E-state index contributed by atoms with van der Waals surface area (Å²) in [4.78, 5) is 40.8. The maximum absolute atomic E-state index is 13.7. The lowest BCUT2D eigenvalue weighted by atomic mass is 10.1. The third-order valence-electron chi connectivity index (χ3n) is 7.19. The topological polar surface area (TPSA) is 72.9 Å². The van der Waals surface area contributed by atoms with Crippen LogP contribution in [-0.2, 0) is 25.5 Å². The predicted octanol–water partition coefficient (Wildman–Crippen LogP) is 3.90. The number of carbonyl (C=O) groups is 3. The Hall–Kier alpha value is -4.28. The molecule has 5 rings (SSSR count). The molecule has 0 spiro atoms. The number of nitrogens with zero attached hydrogens (tertiary/aromatic N) is 1. The lowest BCUT2D eigenvalue weighted by Crippen LogP contribution is -2.38. The van der Waals surface area contributed by atoms with Crippen molar-refractivity contribution < 1.29 is 23.9 Å². The van der Waals surface area contributed by atoms with Gasteiger partial charge in [0.15, 0.2) is 12.3 Å². The second-order valence-electron chi connectivity index (χ2n) is 9.64. The normalized spacial score (nSPS) is 15.2. The highest BCUT2D eigenvalue weighted by atomic mass is 31.2. The molecule has 0 saturated carbocycles. The summed E-state index contributed by atoms with van der Waals surface area (Å²) in [5.74, 6) is -0.582. The van der Waals surface area contributed by atoms with Crippen LogP contribution in [0, 0.1) is 0 Å². The average molecular weight is 553 g/mol. The average Bonchev–Trinajstić information content (AvgIpc) is 3.27. The number of amides is 2. The number of likely N-dealkylation sites (tertiary alicyclic amines) is 1. The summed E-state index contributed by atoms with van der Waals surface area (Å²) in [5, 5.41) is 3.12. The minimum absolute atomic E-state index is 0.0762. The van der Waals surface area contributed by atoms with Gasteiger partial charge in [-0.2, -0.15) is 0 Å². The van der Waals surface area contributed by atoms with E-state index >= 15 is 0 Å². The van der Waals surface area contributed by atoms with Crippen LogP contribution in [0.2, 0.25) is 0 Å². The van der Waals surface area contributed by atoms with E-state index in [2.05, 4.69) is 0 Å². The summed E-state index contributed by atoms with van der Waals surface area (Å²) in [6, 6.07) is 37.5. The van der Waals surface area contributed by atoms with Crippen LogP contribution < -0.4 is 20.7 Å². The Bertz CT molecular complexity index is 1380. The molecule has 1 aliphatic heterocycles. The van der Waals surface area contributed by atoms with Gasteiger partial charge in [0.2, 0.25) is 5.91 Å². The van der Waals surface area contributed by atoms with Gasteiger partial charge in [-0.3, -0.25) is 14.5 Å². The maximum atomic E-state index is 13.7. The van der Waals surface area contributed by atoms with Crippen LogP contribution in [0.15, 0.2) is 115 Å². The van der Waals surface area contributed by atoms with E-state index in [0.717, 1.165) is 21.5 Å². The number of benzene rings is 4. The van der Waals surface area contributed by atoms with Crippen LogP contribution in [0.25, 0.3) is 0 Å². The summed E-state index contributed by atoms with van der Waals surface area (Å²) in [6.45, 7) is 0.216. The predicted molar refractivity (Wildman–Crippen MR) is 158 cm³/mol. The van der Waals surface area contributed by atoms with Crippen molar-refractivity contribution in [1.29, 1.82) is 0 Å². The summed E-state index contributed by atoms with van der Waals surface area (Å²) >= 11 is 0. The monoisotopic (exact) mass is 552 g/mol. The van der Waals surface area contributed by atoms with Crippen LogP contribution in [0.1, 0.15) is 12.0 Å². The highest BCUT2D eigenvalue weighted by Crippen LogP contribution is 2.55. The van der Waals surface area contributed by atoms with Crippen molar-refractivity contribution in [2.45, 2.75) is 18.9 Å². The molecule has 1 heterocycles. The molecule has 4 aromatic rings. The van der Waals surface area contributed by atoms with E-state index in [0.29, 0.717) is 12.2 Å². The highest BCUT2D eigenvalue weighted by molar-refractivity contribution is 7.96. The second-order valence-corrected chi connectivity index (χ2v) is 13.1. The second kappa shape index (κ2) is 12.3. The van der Waals surface area contributed by atoms with Gasteiger partial charge in [-0.1, -0.05) is 66.7 Å². The standard InChI is InChI=1S/C33H31NO5P/c1-38-26-13-11-12-25(22-26)20-21-34-31(35)23-30(33(34)37)39-32(36)24-40(27-14-5-2-6-15-27,28-16-7-3-8-17-28)29-18-9-4-10-19-29/h2-19,22,30H,20-21,23-24H2,1H3/q+1/t30-/m0/s1. The molecule has 202 valence electrons. The molecule has 1 atom stereocenters. The zero-order valence-corrected chi connectivity index (χ0v) is 23.2. The summed E-state index contributed by atoms with van der Waals surface area (Å²) in [7, 11) is -0.880. The van der Waals surface area contributed by atoms with Crippen molar-refractivity contribution in [2.24, 2.45) is 0 Å². The molecule has 6 nitrogen and oxygen atoms in total. The van der Waals surface area contributed by atoms with Gasteiger partial charge < -0.3 is 9.47 Å². The van der Waals surface area contributed by atoms with E-state index in [9.17, 15) is 14.4 Å². The number of imide groups is 1. The molecule has 0 radical (unpaired) electrons. The van der Waals surface area contributed by atoms with Gasteiger partial charge in [0.25, 0.3) is 5.91 Å². The van der Waals surface area contributed by atoms with Crippen LogP contribution in [0.5, 0.6) is 5.75 Å². The van der Waals surface area contributed by atoms with Crippen molar-refractivity contribution in [3.63, 3.8) is 0 Å². The number of ether oxygens (including phenoxy) is 2. The van der Waals surface area contributed by atoms with E-state index in [1.165, 1.54) is 4.90 Å². The maximum Gasteiger partial charge on any atom is 0.345 e. The fourth-order valence-corrected chi connectivity index (χ4v) is 9.15. The lowest BCUT2D eigenvalue weighted by Gasteiger charge is -2.27. The molecule has 40 heavy (non-hydrogen) atoms. The van der Waals surface area contributed by atoms with Gasteiger partial charge in [-0.25, -0.2) is 4.79 Å². The molecule has 0 unspecified atom stereocenters. The third-order valence-corrected chi connectivity index (χ3v) is 11.5. The highest BCUT2D eigenvalue weighted by Gasteiger charge is 2.49. The van der Waals surface area contributed by atoms with Crippen LogP contribution in [0.3, 0.4) is 0 Å². The molecule has 2 amide bonds. The van der Waals surface area contributed by atoms with E-state index in [-0.39, 0.29) is 25.0 Å². The minimum Gasteiger partial charge on any atom is -0.497 e. The van der Waals surface area contributed by atoms with E-state index in [4.69, 9.17) is 9.47 Å². The molecular formula is C33H31NO5P+. The molecule has 1 saturated heterocycles. The SMILES string of the molecule is COc1cccc(CCN2C(=O)C[C@H](OC(=O)C[P+](c3ccccc3)(c3ccccc3)c3ccccc3)C2=O)c1. The third kappa shape index (κ3) is 5.68. The van der Waals surface area contributed by atoms with Crippen LogP contribution in [0.4, 0.5) is 0 Å². The van der Waals surface area contributed by atoms with Gasteiger partial charge in [0.05, 0.1) is 13.5 Å². The van der Waals surface area contributed by atoms with E-state index < -0.39 is 25.2 Å². The number of methoxy groups -OCH3 is 1. The smallest absolute Gasteiger partial charge is 0.345 e. The quantitative estimate of drug-likeness (QED) is 0.170. The largest absolute Gasteiger partial charge is 0.497 e. The Kier molecular flexibility index (Phi) is 8.37. The number of rotatable bonds is 10. The van der Waals surface area contributed by atoms with E-state index in [1.807, 2.05) is 115 Å². The number of carbonyl (C=O) groups excluding carboxylic acids is 3.